The molecule has 0 bridgehead atoms. The van der Waals surface area contributed by atoms with Crippen molar-refractivity contribution in [3.8, 4) is 0 Å². The molecule has 1 aliphatic rings. The fraction of sp³-hybridized carbons (Fsp3) is 0.923. The van der Waals surface area contributed by atoms with Crippen LogP contribution in [0.5, 0.6) is 0 Å². The quantitative estimate of drug-likeness (QED) is 0.703. The highest BCUT2D eigenvalue weighted by molar-refractivity contribution is 7.80. The summed E-state index contributed by atoms with van der Waals surface area (Å²) >= 11 is 5.00. The van der Waals surface area contributed by atoms with Gasteiger partial charge in [0.05, 0.1) is 17.7 Å². The van der Waals surface area contributed by atoms with E-state index >= 15 is 0 Å². The number of nitrogens with zero attached hydrogens (tertiary/aromatic N) is 2. The highest BCUT2D eigenvalue weighted by Crippen LogP contribution is 2.10. The second-order valence-electron chi connectivity index (χ2n) is 5.28. The predicted octanol–water partition coefficient (Wildman–Crippen LogP) is 1.09. The molecule has 0 amide bonds. The maximum absolute atomic E-state index is 5.85. The molecule has 0 aromatic rings. The average Bonchev–Trinajstić information content (AvgIpc) is 2.28. The van der Waals surface area contributed by atoms with Gasteiger partial charge in [0.25, 0.3) is 0 Å². The van der Waals surface area contributed by atoms with Crippen molar-refractivity contribution in [1.29, 1.82) is 0 Å². The van der Waals surface area contributed by atoms with Crippen LogP contribution in [0.25, 0.3) is 0 Å². The first kappa shape index (κ1) is 15.8. The fourth-order valence-electron chi connectivity index (χ4n) is 2.38. The molecule has 1 heterocycles. The minimum atomic E-state index is 0.280. The highest BCUT2D eigenvalue weighted by Gasteiger charge is 2.24. The van der Waals surface area contributed by atoms with Gasteiger partial charge in [-0.3, -0.25) is 9.80 Å². The summed E-state index contributed by atoms with van der Waals surface area (Å²) in [5.41, 5.74) is 5.64. The van der Waals surface area contributed by atoms with Crippen molar-refractivity contribution in [3.63, 3.8) is 0 Å². The lowest BCUT2D eigenvalue weighted by atomic mass is 10.2. The Hall–Kier alpha value is -0.230. The molecule has 1 unspecified atom stereocenters. The SMILES string of the molecule is CCCN(CC(N)=S)CC1CN(C(C)C)CCO1. The van der Waals surface area contributed by atoms with E-state index in [1.54, 1.807) is 0 Å². The van der Waals surface area contributed by atoms with E-state index in [-0.39, 0.29) is 6.10 Å². The second kappa shape index (κ2) is 8.04. The zero-order valence-corrected chi connectivity index (χ0v) is 12.7. The molecule has 1 saturated heterocycles. The third-order valence-corrected chi connectivity index (χ3v) is 3.41. The Morgan fingerprint density at radius 1 is 1.56 bits per heavy atom. The molecule has 2 N–H and O–H groups in total. The summed E-state index contributed by atoms with van der Waals surface area (Å²) in [6.45, 7) is 12.2. The van der Waals surface area contributed by atoms with Crippen molar-refractivity contribution in [1.82, 2.24) is 9.80 Å². The van der Waals surface area contributed by atoms with E-state index < -0.39 is 0 Å². The summed E-state index contributed by atoms with van der Waals surface area (Å²) < 4.78 is 5.85. The van der Waals surface area contributed by atoms with Crippen LogP contribution >= 0.6 is 12.2 Å². The molecule has 5 heteroatoms. The lowest BCUT2D eigenvalue weighted by molar-refractivity contribution is -0.0505. The number of morpholine rings is 1. The molecule has 4 nitrogen and oxygen atoms in total. The van der Waals surface area contributed by atoms with Crippen molar-refractivity contribution in [2.24, 2.45) is 5.73 Å². The van der Waals surface area contributed by atoms with Crippen LogP contribution in [0.2, 0.25) is 0 Å². The van der Waals surface area contributed by atoms with Gasteiger partial charge >= 0.3 is 0 Å². The number of rotatable bonds is 7. The van der Waals surface area contributed by atoms with Crippen molar-refractivity contribution in [3.05, 3.63) is 0 Å². The molecule has 1 fully saturated rings. The Bertz CT molecular complexity index is 261. The Morgan fingerprint density at radius 2 is 2.28 bits per heavy atom. The maximum Gasteiger partial charge on any atom is 0.0870 e. The molecule has 1 atom stereocenters. The first-order valence-corrected chi connectivity index (χ1v) is 7.30. The Kier molecular flexibility index (Phi) is 7.07. The molecule has 0 radical (unpaired) electrons. The lowest BCUT2D eigenvalue weighted by Crippen LogP contribution is -2.50. The van der Waals surface area contributed by atoms with Gasteiger partial charge in [-0.2, -0.15) is 0 Å². The molecule has 0 aliphatic carbocycles. The summed E-state index contributed by atoms with van der Waals surface area (Å²) in [6, 6.07) is 0.589. The summed E-state index contributed by atoms with van der Waals surface area (Å²) in [6.07, 6.45) is 1.39. The van der Waals surface area contributed by atoms with Crippen LogP contribution in [-0.4, -0.2) is 66.3 Å². The first-order chi connectivity index (χ1) is 8.52. The normalized spacial score (nSPS) is 21.7. The summed E-state index contributed by atoms with van der Waals surface area (Å²) in [4.78, 5) is 5.34. The minimum absolute atomic E-state index is 0.280. The number of hydrogen-bond donors (Lipinski definition) is 1. The van der Waals surface area contributed by atoms with Gasteiger partial charge in [0.1, 0.15) is 0 Å². The molecule has 0 aromatic heterocycles. The highest BCUT2D eigenvalue weighted by atomic mass is 32.1. The van der Waals surface area contributed by atoms with Crippen LogP contribution < -0.4 is 5.73 Å². The molecular formula is C13H27N3OS. The van der Waals surface area contributed by atoms with E-state index in [1.165, 1.54) is 0 Å². The van der Waals surface area contributed by atoms with E-state index in [0.717, 1.165) is 39.2 Å². The van der Waals surface area contributed by atoms with Crippen LogP contribution in [0.15, 0.2) is 0 Å². The van der Waals surface area contributed by atoms with Gasteiger partial charge in [-0.15, -0.1) is 0 Å². The average molecular weight is 273 g/mol. The summed E-state index contributed by atoms with van der Waals surface area (Å²) in [7, 11) is 0. The van der Waals surface area contributed by atoms with Crippen molar-refractivity contribution in [2.45, 2.75) is 39.3 Å². The molecule has 1 aliphatic heterocycles. The zero-order chi connectivity index (χ0) is 13.5. The maximum atomic E-state index is 5.85. The Balaban J connectivity index is 2.44. The van der Waals surface area contributed by atoms with E-state index in [2.05, 4.69) is 30.6 Å². The van der Waals surface area contributed by atoms with Gasteiger partial charge in [0.2, 0.25) is 0 Å². The third kappa shape index (κ3) is 5.61. The van der Waals surface area contributed by atoms with Crippen LogP contribution in [0, 0.1) is 0 Å². The van der Waals surface area contributed by atoms with Gasteiger partial charge in [-0.05, 0) is 26.8 Å². The van der Waals surface area contributed by atoms with Gasteiger partial charge in [-0.1, -0.05) is 19.1 Å². The monoisotopic (exact) mass is 273 g/mol. The largest absolute Gasteiger partial charge is 0.392 e. The number of ether oxygens (including phenoxy) is 1. The van der Waals surface area contributed by atoms with Gasteiger partial charge < -0.3 is 10.5 Å². The first-order valence-electron chi connectivity index (χ1n) is 6.89. The van der Waals surface area contributed by atoms with Crippen LogP contribution in [-0.2, 0) is 4.74 Å². The molecule has 0 spiro atoms. The molecule has 18 heavy (non-hydrogen) atoms. The standard InChI is InChI=1S/C13H27N3OS/c1-4-5-15(10-13(14)18)8-12-9-16(11(2)3)6-7-17-12/h11-12H,4-10H2,1-3H3,(H2,14,18). The lowest BCUT2D eigenvalue weighted by Gasteiger charge is -2.37. The molecule has 106 valence electrons. The minimum Gasteiger partial charge on any atom is -0.392 e. The van der Waals surface area contributed by atoms with Crippen LogP contribution in [0.1, 0.15) is 27.2 Å². The van der Waals surface area contributed by atoms with Gasteiger partial charge in [0.15, 0.2) is 0 Å². The molecular weight excluding hydrogens is 246 g/mol. The molecule has 0 aromatic carbocycles. The number of thiocarbonyl (C=S) groups is 1. The number of nitrogens with two attached hydrogens (primary N) is 1. The third-order valence-electron chi connectivity index (χ3n) is 3.28. The van der Waals surface area contributed by atoms with Crippen LogP contribution in [0.4, 0.5) is 0 Å². The van der Waals surface area contributed by atoms with Crippen molar-refractivity contribution in [2.75, 3.05) is 39.3 Å². The van der Waals surface area contributed by atoms with E-state index in [0.29, 0.717) is 17.6 Å². The second-order valence-corrected chi connectivity index (χ2v) is 5.81. The smallest absolute Gasteiger partial charge is 0.0870 e. The van der Waals surface area contributed by atoms with E-state index in [1.807, 2.05) is 0 Å². The fourth-order valence-corrected chi connectivity index (χ4v) is 2.56. The van der Waals surface area contributed by atoms with E-state index in [4.69, 9.17) is 22.7 Å². The van der Waals surface area contributed by atoms with Gasteiger partial charge in [0, 0.05) is 32.2 Å². The van der Waals surface area contributed by atoms with Gasteiger partial charge in [-0.25, -0.2) is 0 Å². The Morgan fingerprint density at radius 3 is 2.83 bits per heavy atom. The number of hydrogen-bond acceptors (Lipinski definition) is 4. The van der Waals surface area contributed by atoms with Crippen molar-refractivity contribution >= 4 is 17.2 Å². The zero-order valence-electron chi connectivity index (χ0n) is 11.9. The van der Waals surface area contributed by atoms with E-state index in [9.17, 15) is 0 Å². The van der Waals surface area contributed by atoms with Crippen LogP contribution in [0.3, 0.4) is 0 Å². The summed E-state index contributed by atoms with van der Waals surface area (Å²) in [5.74, 6) is 0. The predicted molar refractivity (Wildman–Crippen MR) is 80.0 cm³/mol. The Labute approximate surface area is 116 Å². The topological polar surface area (TPSA) is 41.7 Å². The molecule has 1 rings (SSSR count). The molecule has 0 saturated carbocycles. The van der Waals surface area contributed by atoms with Crippen molar-refractivity contribution < 1.29 is 4.74 Å². The summed E-state index contributed by atoms with van der Waals surface area (Å²) in [5, 5.41) is 0.